The van der Waals surface area contributed by atoms with Crippen LogP contribution in [-0.2, 0) is 4.74 Å². The van der Waals surface area contributed by atoms with E-state index < -0.39 is 0 Å². The van der Waals surface area contributed by atoms with Gasteiger partial charge >= 0.3 is 0 Å². The van der Waals surface area contributed by atoms with E-state index in [4.69, 9.17) is 4.74 Å². The number of rotatable bonds is 5. The molecule has 2 fully saturated rings. The minimum atomic E-state index is 0.348. The van der Waals surface area contributed by atoms with Crippen LogP contribution in [0.2, 0.25) is 0 Å². The monoisotopic (exact) mass is 272 g/mol. The van der Waals surface area contributed by atoms with Crippen molar-refractivity contribution in [1.29, 1.82) is 0 Å². The third-order valence-electron chi connectivity index (χ3n) is 4.11. The van der Waals surface area contributed by atoms with Crippen molar-refractivity contribution < 1.29 is 4.74 Å². The smallest absolute Gasteiger partial charge is 0.0547 e. The lowest BCUT2D eigenvalue weighted by Crippen LogP contribution is -2.51. The Hall–Kier alpha value is 0.230. The van der Waals surface area contributed by atoms with Crippen LogP contribution >= 0.6 is 11.8 Å². The first-order valence-corrected chi connectivity index (χ1v) is 8.40. The van der Waals surface area contributed by atoms with Gasteiger partial charge in [0.25, 0.3) is 0 Å². The van der Waals surface area contributed by atoms with Gasteiger partial charge in [0.1, 0.15) is 0 Å². The fraction of sp³-hybridized carbons (Fsp3) is 1.00. The van der Waals surface area contributed by atoms with Crippen molar-refractivity contribution in [3.63, 3.8) is 0 Å². The highest BCUT2D eigenvalue weighted by atomic mass is 32.2. The maximum atomic E-state index is 5.70. The Bertz CT molecular complexity index is 254. The van der Waals surface area contributed by atoms with Gasteiger partial charge in [-0.15, -0.1) is 0 Å². The van der Waals surface area contributed by atoms with E-state index in [9.17, 15) is 0 Å². The molecule has 2 rings (SSSR count). The summed E-state index contributed by atoms with van der Waals surface area (Å²) in [6.45, 7) is 12.2. The van der Waals surface area contributed by atoms with E-state index >= 15 is 0 Å². The fourth-order valence-electron chi connectivity index (χ4n) is 2.82. The molecule has 0 amide bonds. The van der Waals surface area contributed by atoms with Gasteiger partial charge in [0.15, 0.2) is 0 Å². The van der Waals surface area contributed by atoms with E-state index in [1.54, 1.807) is 0 Å². The molecular formula is C14H28N2OS. The molecule has 2 saturated heterocycles. The summed E-state index contributed by atoms with van der Waals surface area (Å²) in [5.41, 5.74) is 0.348. The minimum absolute atomic E-state index is 0.348. The van der Waals surface area contributed by atoms with Crippen molar-refractivity contribution in [3.8, 4) is 0 Å². The van der Waals surface area contributed by atoms with Crippen molar-refractivity contribution in [2.24, 2.45) is 5.41 Å². The molecule has 0 aromatic heterocycles. The highest BCUT2D eigenvalue weighted by Crippen LogP contribution is 2.31. The molecule has 0 aliphatic carbocycles. The van der Waals surface area contributed by atoms with Crippen molar-refractivity contribution in [3.05, 3.63) is 0 Å². The largest absolute Gasteiger partial charge is 0.381 e. The molecule has 0 radical (unpaired) electrons. The van der Waals surface area contributed by atoms with Gasteiger partial charge in [-0.1, -0.05) is 13.8 Å². The predicted octanol–water partition coefficient (Wildman–Crippen LogP) is 1.83. The van der Waals surface area contributed by atoms with Crippen LogP contribution in [0.5, 0.6) is 0 Å². The molecule has 3 nitrogen and oxygen atoms in total. The topological polar surface area (TPSA) is 24.5 Å². The summed E-state index contributed by atoms with van der Waals surface area (Å²) in [6, 6.07) is 1.29. The molecule has 0 saturated carbocycles. The maximum absolute atomic E-state index is 5.70. The van der Waals surface area contributed by atoms with Gasteiger partial charge in [0, 0.05) is 55.2 Å². The summed E-state index contributed by atoms with van der Waals surface area (Å²) in [5.74, 6) is 2.58. The van der Waals surface area contributed by atoms with Gasteiger partial charge in [-0.05, 0) is 13.3 Å². The summed E-state index contributed by atoms with van der Waals surface area (Å²) in [7, 11) is 0. The van der Waals surface area contributed by atoms with Crippen LogP contribution in [0.25, 0.3) is 0 Å². The zero-order chi connectivity index (χ0) is 13.0. The number of hydrogen-bond acceptors (Lipinski definition) is 4. The molecule has 0 aromatic carbocycles. The number of thioether (sulfide) groups is 1. The molecule has 106 valence electrons. The molecule has 4 heteroatoms. The Morgan fingerprint density at radius 3 is 2.94 bits per heavy atom. The van der Waals surface area contributed by atoms with Crippen LogP contribution in [-0.4, -0.2) is 61.3 Å². The first-order chi connectivity index (χ1) is 8.61. The molecule has 1 N–H and O–H groups in total. The molecule has 2 unspecified atom stereocenters. The first-order valence-electron chi connectivity index (χ1n) is 7.24. The van der Waals surface area contributed by atoms with Crippen molar-refractivity contribution in [2.45, 2.75) is 39.3 Å². The second kappa shape index (κ2) is 6.60. The minimum Gasteiger partial charge on any atom is -0.381 e. The third kappa shape index (κ3) is 3.86. The molecule has 18 heavy (non-hydrogen) atoms. The zero-order valence-electron chi connectivity index (χ0n) is 12.1. The third-order valence-corrected chi connectivity index (χ3v) is 5.30. The number of nitrogens with zero attached hydrogens (tertiary/aromatic N) is 1. The molecular weight excluding hydrogens is 244 g/mol. The van der Waals surface area contributed by atoms with Crippen molar-refractivity contribution in [1.82, 2.24) is 10.2 Å². The van der Waals surface area contributed by atoms with E-state index in [2.05, 4.69) is 42.7 Å². The van der Waals surface area contributed by atoms with E-state index in [1.807, 2.05) is 0 Å². The van der Waals surface area contributed by atoms with Crippen LogP contribution in [0.3, 0.4) is 0 Å². The summed E-state index contributed by atoms with van der Waals surface area (Å²) >= 11 is 2.09. The number of nitrogens with one attached hydrogen (secondary N) is 1. The average Bonchev–Trinajstić information content (AvgIpc) is 2.79. The average molecular weight is 272 g/mol. The molecule has 2 aliphatic rings. The molecule has 0 spiro atoms. The van der Waals surface area contributed by atoms with E-state index in [1.165, 1.54) is 31.0 Å². The van der Waals surface area contributed by atoms with Gasteiger partial charge in [0.2, 0.25) is 0 Å². The van der Waals surface area contributed by atoms with Gasteiger partial charge < -0.3 is 10.1 Å². The van der Waals surface area contributed by atoms with E-state index in [0.29, 0.717) is 11.5 Å². The fourth-order valence-corrected chi connectivity index (χ4v) is 3.90. The molecule has 2 heterocycles. The van der Waals surface area contributed by atoms with Gasteiger partial charge in [-0.3, -0.25) is 4.90 Å². The van der Waals surface area contributed by atoms with Gasteiger partial charge in [-0.2, -0.15) is 11.8 Å². The predicted molar refractivity (Wildman–Crippen MR) is 79.4 cm³/mol. The summed E-state index contributed by atoms with van der Waals surface area (Å²) in [4.78, 5) is 2.67. The van der Waals surface area contributed by atoms with Gasteiger partial charge in [0.05, 0.1) is 6.61 Å². The lowest BCUT2D eigenvalue weighted by atomic mass is 9.85. The normalized spacial score (nSPS) is 34.3. The Kier molecular flexibility index (Phi) is 5.36. The number of ether oxygens (including phenoxy) is 1. The Morgan fingerprint density at radius 1 is 1.50 bits per heavy atom. The summed E-state index contributed by atoms with van der Waals surface area (Å²) in [6.07, 6.45) is 1.21. The Morgan fingerprint density at radius 2 is 2.33 bits per heavy atom. The molecule has 0 bridgehead atoms. The SMILES string of the molecule is CC(C)NCC1(CN2CCSCC2C)CCOC1. The highest BCUT2D eigenvalue weighted by molar-refractivity contribution is 7.99. The second-order valence-corrected chi connectivity index (χ2v) is 7.38. The van der Waals surface area contributed by atoms with E-state index in [-0.39, 0.29) is 0 Å². The lowest BCUT2D eigenvalue weighted by molar-refractivity contribution is 0.0944. The summed E-state index contributed by atoms with van der Waals surface area (Å²) in [5, 5.41) is 3.62. The van der Waals surface area contributed by atoms with Crippen molar-refractivity contribution in [2.75, 3.05) is 44.4 Å². The van der Waals surface area contributed by atoms with E-state index in [0.717, 1.165) is 25.8 Å². The molecule has 0 aromatic rings. The Balaban J connectivity index is 1.92. The quantitative estimate of drug-likeness (QED) is 0.825. The van der Waals surface area contributed by atoms with Crippen LogP contribution in [0, 0.1) is 5.41 Å². The van der Waals surface area contributed by atoms with Gasteiger partial charge in [-0.25, -0.2) is 0 Å². The maximum Gasteiger partial charge on any atom is 0.0547 e. The summed E-state index contributed by atoms with van der Waals surface area (Å²) < 4.78 is 5.70. The standard InChI is InChI=1S/C14H28N2OS/c1-12(2)15-9-14(4-6-17-11-14)10-16-5-7-18-8-13(16)3/h12-13,15H,4-11H2,1-3H3. The van der Waals surface area contributed by atoms with Crippen LogP contribution < -0.4 is 5.32 Å². The Labute approximate surface area is 116 Å². The van der Waals surface area contributed by atoms with Crippen LogP contribution in [0.4, 0.5) is 0 Å². The van der Waals surface area contributed by atoms with Crippen LogP contribution in [0.15, 0.2) is 0 Å². The molecule has 2 aliphatic heterocycles. The second-order valence-electron chi connectivity index (χ2n) is 6.23. The zero-order valence-corrected chi connectivity index (χ0v) is 12.9. The van der Waals surface area contributed by atoms with Crippen molar-refractivity contribution >= 4 is 11.8 Å². The molecule has 2 atom stereocenters. The van der Waals surface area contributed by atoms with Crippen LogP contribution in [0.1, 0.15) is 27.2 Å². The lowest BCUT2D eigenvalue weighted by Gasteiger charge is -2.40. The number of hydrogen-bond donors (Lipinski definition) is 1. The first kappa shape index (κ1) is 14.6. The highest BCUT2D eigenvalue weighted by Gasteiger charge is 2.38.